The van der Waals surface area contributed by atoms with Crippen molar-refractivity contribution in [3.8, 4) is 0 Å². The van der Waals surface area contributed by atoms with Crippen molar-refractivity contribution >= 4 is 38.3 Å². The van der Waals surface area contributed by atoms with Gasteiger partial charge in [0.05, 0.1) is 5.75 Å². The first kappa shape index (κ1) is 11.2. The average Bonchev–Trinajstić information content (AvgIpc) is 1.60. The normalized spacial score (nSPS) is 22.6. The summed E-state index contributed by atoms with van der Waals surface area (Å²) in [6.45, 7) is 0. The molecule has 0 saturated carbocycles. The van der Waals surface area contributed by atoms with E-state index in [0.717, 1.165) is 0 Å². The molecule has 54 valence electrons. The number of sulfonamides is 1. The van der Waals surface area contributed by atoms with Crippen molar-refractivity contribution in [2.75, 3.05) is 11.5 Å². The van der Waals surface area contributed by atoms with E-state index in [1.54, 1.807) is 0 Å². The van der Waals surface area contributed by atoms with Gasteiger partial charge in [0.1, 0.15) is 4.32 Å². The van der Waals surface area contributed by atoms with Gasteiger partial charge in [-0.25, -0.2) is 8.42 Å². The quantitative estimate of drug-likeness (QED) is 0.341. The molecule has 0 spiro atoms. The molecule has 0 aromatic carbocycles. The molecule has 0 unspecified atom stereocenters. The first-order valence-corrected chi connectivity index (χ1v) is 5.32. The Morgan fingerprint density at radius 3 is 2.60 bits per heavy atom. The summed E-state index contributed by atoms with van der Waals surface area (Å²) in [5, 5.41) is 0. The summed E-state index contributed by atoms with van der Waals surface area (Å²) in [5.74, 6) is 0.756. The molecule has 0 radical (unpaired) electrons. The molecule has 1 fully saturated rings. The zero-order valence-electron chi connectivity index (χ0n) is 6.46. The third-order valence-electron chi connectivity index (χ3n) is 0.824. The molecule has 0 amide bonds. The molecule has 0 atom stereocenters. The maximum Gasteiger partial charge on any atom is 1.00 e. The van der Waals surface area contributed by atoms with Crippen LogP contribution < -0.4 is 34.3 Å². The fourth-order valence-corrected chi connectivity index (χ4v) is 3.45. The minimum Gasteiger partial charge on any atom is -1.00 e. The Balaban J connectivity index is 0. The standard InChI is InChI=1S/C3H5NO2S3.Na.H/c5-9(6)2-1-8-3(7)4-9;;/h1-2H2,(H,4,7);;/q;+1;-1. The maximum absolute atomic E-state index is 10.6. The number of nitrogens with one attached hydrogen (secondary N) is 1. The van der Waals surface area contributed by atoms with E-state index in [1.807, 2.05) is 0 Å². The van der Waals surface area contributed by atoms with Crippen LogP contribution in [0.4, 0.5) is 0 Å². The zero-order chi connectivity index (χ0) is 6.91. The summed E-state index contributed by atoms with van der Waals surface area (Å²) in [5.41, 5.74) is 0. The van der Waals surface area contributed by atoms with Gasteiger partial charge in [0, 0.05) is 5.75 Å². The molecule has 1 N–H and O–H groups in total. The van der Waals surface area contributed by atoms with Crippen LogP contribution in [0.15, 0.2) is 0 Å². The minimum atomic E-state index is -3.04. The molecule has 0 aliphatic carbocycles. The van der Waals surface area contributed by atoms with E-state index < -0.39 is 10.0 Å². The Bertz CT molecular complexity index is 229. The number of hydrogen-bond donors (Lipinski definition) is 1. The Morgan fingerprint density at radius 1 is 1.70 bits per heavy atom. The summed E-state index contributed by atoms with van der Waals surface area (Å²) in [7, 11) is -3.04. The summed E-state index contributed by atoms with van der Waals surface area (Å²) in [6, 6.07) is 0. The van der Waals surface area contributed by atoms with Crippen LogP contribution in [0, 0.1) is 0 Å². The number of thioether (sulfide) groups is 1. The van der Waals surface area contributed by atoms with Gasteiger partial charge in [-0.2, -0.15) is 0 Å². The number of rotatable bonds is 0. The van der Waals surface area contributed by atoms with E-state index in [-0.39, 0.29) is 36.7 Å². The van der Waals surface area contributed by atoms with Crippen LogP contribution in [0.1, 0.15) is 1.43 Å². The Morgan fingerprint density at radius 2 is 2.30 bits per heavy atom. The second-order valence-corrected chi connectivity index (χ2v) is 5.17. The van der Waals surface area contributed by atoms with Gasteiger partial charge in [-0.3, -0.25) is 4.72 Å². The predicted octanol–water partition coefficient (Wildman–Crippen LogP) is -2.95. The fourth-order valence-electron chi connectivity index (χ4n) is 0.452. The summed E-state index contributed by atoms with van der Waals surface area (Å²) >= 11 is 5.99. The van der Waals surface area contributed by atoms with Crippen LogP contribution in [0.2, 0.25) is 0 Å². The zero-order valence-corrected chi connectivity index (χ0v) is 9.90. The molecular weight excluding hydrogens is 201 g/mol. The Kier molecular flexibility index (Phi) is 4.78. The average molecular weight is 207 g/mol. The van der Waals surface area contributed by atoms with E-state index in [0.29, 0.717) is 10.1 Å². The molecule has 1 heterocycles. The fraction of sp³-hybridized carbons (Fsp3) is 0.667. The second kappa shape index (κ2) is 4.27. The van der Waals surface area contributed by atoms with Gasteiger partial charge in [-0.1, -0.05) is 24.0 Å². The van der Waals surface area contributed by atoms with E-state index in [2.05, 4.69) is 16.9 Å². The number of hydrogen-bond acceptors (Lipinski definition) is 4. The van der Waals surface area contributed by atoms with Crippen LogP contribution in [0.5, 0.6) is 0 Å². The molecule has 0 aromatic heterocycles. The van der Waals surface area contributed by atoms with E-state index >= 15 is 0 Å². The van der Waals surface area contributed by atoms with Gasteiger partial charge in [-0.15, -0.1) is 0 Å². The molecule has 10 heavy (non-hydrogen) atoms. The topological polar surface area (TPSA) is 46.2 Å². The molecular formula is C3H6NNaO2S3. The van der Waals surface area contributed by atoms with Crippen molar-refractivity contribution in [3.63, 3.8) is 0 Å². The van der Waals surface area contributed by atoms with E-state index in [9.17, 15) is 8.42 Å². The second-order valence-electron chi connectivity index (χ2n) is 1.56. The van der Waals surface area contributed by atoms with Gasteiger partial charge in [0.15, 0.2) is 0 Å². The number of thiocarbonyl (C=S) groups is 1. The summed E-state index contributed by atoms with van der Waals surface area (Å²) in [4.78, 5) is 0. The molecule has 1 aliphatic rings. The van der Waals surface area contributed by atoms with Gasteiger partial charge >= 0.3 is 29.6 Å². The van der Waals surface area contributed by atoms with Crippen molar-refractivity contribution in [3.05, 3.63) is 0 Å². The van der Waals surface area contributed by atoms with E-state index in [1.165, 1.54) is 11.8 Å². The van der Waals surface area contributed by atoms with Crippen LogP contribution in [0.3, 0.4) is 0 Å². The Hall–Kier alpha value is 1.19. The van der Waals surface area contributed by atoms with Crippen LogP contribution in [0.25, 0.3) is 0 Å². The van der Waals surface area contributed by atoms with Crippen LogP contribution in [-0.2, 0) is 10.0 Å². The molecule has 3 nitrogen and oxygen atoms in total. The van der Waals surface area contributed by atoms with E-state index in [4.69, 9.17) is 0 Å². The third-order valence-corrected chi connectivity index (χ3v) is 3.83. The molecule has 1 rings (SSSR count). The van der Waals surface area contributed by atoms with Crippen LogP contribution >= 0.6 is 24.0 Å². The predicted molar refractivity (Wildman–Crippen MR) is 43.1 cm³/mol. The van der Waals surface area contributed by atoms with Crippen molar-refractivity contribution < 1.29 is 39.4 Å². The first-order valence-electron chi connectivity index (χ1n) is 2.27. The van der Waals surface area contributed by atoms with Crippen LogP contribution in [-0.4, -0.2) is 24.2 Å². The largest absolute Gasteiger partial charge is 1.00 e. The monoisotopic (exact) mass is 207 g/mol. The summed E-state index contributed by atoms with van der Waals surface area (Å²) < 4.78 is 23.9. The van der Waals surface area contributed by atoms with Gasteiger partial charge in [0.25, 0.3) is 0 Å². The molecule has 1 saturated heterocycles. The Labute approximate surface area is 93.2 Å². The maximum atomic E-state index is 10.6. The first-order chi connectivity index (χ1) is 4.10. The van der Waals surface area contributed by atoms with Crippen molar-refractivity contribution in [2.24, 2.45) is 0 Å². The van der Waals surface area contributed by atoms with Gasteiger partial charge in [-0.05, 0) is 0 Å². The van der Waals surface area contributed by atoms with Gasteiger partial charge < -0.3 is 1.43 Å². The van der Waals surface area contributed by atoms with Crippen molar-refractivity contribution in [1.29, 1.82) is 0 Å². The minimum absolute atomic E-state index is 0. The summed E-state index contributed by atoms with van der Waals surface area (Å²) in [6.07, 6.45) is 0. The van der Waals surface area contributed by atoms with Crippen molar-refractivity contribution in [2.45, 2.75) is 0 Å². The molecule has 7 heteroatoms. The molecule has 1 aliphatic heterocycles. The van der Waals surface area contributed by atoms with Gasteiger partial charge in [0.2, 0.25) is 10.0 Å². The SMILES string of the molecule is O=S1(=O)CCSC(=S)N1.[H-].[Na+]. The molecule has 0 bridgehead atoms. The molecule has 0 aromatic rings. The smallest absolute Gasteiger partial charge is 1.00 e. The van der Waals surface area contributed by atoms with Crippen molar-refractivity contribution in [1.82, 2.24) is 4.72 Å². The third kappa shape index (κ3) is 3.54.